The number of halogens is 2. The molecule has 0 saturated carbocycles. The predicted molar refractivity (Wildman–Crippen MR) is 93.1 cm³/mol. The van der Waals surface area contributed by atoms with Crippen molar-refractivity contribution in [1.82, 2.24) is 0 Å². The van der Waals surface area contributed by atoms with Crippen LogP contribution >= 0.6 is 31.9 Å². The van der Waals surface area contributed by atoms with Crippen LogP contribution in [0.1, 0.15) is 12.7 Å². The van der Waals surface area contributed by atoms with Crippen molar-refractivity contribution >= 4 is 48.8 Å². The van der Waals surface area contributed by atoms with E-state index in [0.29, 0.717) is 14.7 Å². The molecule has 3 nitrogen and oxygen atoms in total. The molecule has 0 spiro atoms. The van der Waals surface area contributed by atoms with Gasteiger partial charge in [0.05, 0.1) is 8.95 Å². The van der Waals surface area contributed by atoms with Gasteiger partial charge in [-0.1, -0.05) is 30.3 Å². The summed E-state index contributed by atoms with van der Waals surface area (Å²) < 4.78 is 12.5. The Morgan fingerprint density at radius 3 is 2.50 bits per heavy atom. The fourth-order valence-corrected chi connectivity index (χ4v) is 3.92. The SMILES string of the molecule is CC(=O)Oc1c(Br)cc2oc(C)c(-c3ccccc3)c2c1Br. The summed E-state index contributed by atoms with van der Waals surface area (Å²) in [5.74, 6) is 0.897. The molecule has 0 saturated heterocycles. The highest BCUT2D eigenvalue weighted by molar-refractivity contribution is 9.11. The molecule has 0 unspecified atom stereocenters. The molecule has 0 atom stereocenters. The second kappa shape index (κ2) is 5.89. The molecule has 3 aromatic rings. The molecule has 3 rings (SSSR count). The van der Waals surface area contributed by atoms with Crippen molar-refractivity contribution in [2.45, 2.75) is 13.8 Å². The lowest BCUT2D eigenvalue weighted by atomic mass is 10.0. The lowest BCUT2D eigenvalue weighted by Gasteiger charge is -2.09. The Bertz CT molecular complexity index is 867. The van der Waals surface area contributed by atoms with Crippen LogP contribution in [0.5, 0.6) is 5.75 Å². The van der Waals surface area contributed by atoms with Gasteiger partial charge in [-0.2, -0.15) is 0 Å². The number of aryl methyl sites for hydroxylation is 1. The standard InChI is InChI=1S/C17H12Br2O3/c1-9-14(11-6-4-3-5-7-11)15-13(21-9)8-12(18)17(16(15)19)22-10(2)20/h3-8H,1-2H3. The maximum absolute atomic E-state index is 11.3. The maximum atomic E-state index is 11.3. The van der Waals surface area contributed by atoms with E-state index in [9.17, 15) is 4.79 Å². The lowest BCUT2D eigenvalue weighted by molar-refractivity contribution is -0.131. The van der Waals surface area contributed by atoms with Crippen molar-refractivity contribution in [3.8, 4) is 16.9 Å². The van der Waals surface area contributed by atoms with Crippen LogP contribution in [0.3, 0.4) is 0 Å². The third-order valence-corrected chi connectivity index (χ3v) is 4.66. The first-order chi connectivity index (χ1) is 10.5. The summed E-state index contributed by atoms with van der Waals surface area (Å²) in [7, 11) is 0. The first-order valence-electron chi connectivity index (χ1n) is 6.64. The fourth-order valence-electron chi connectivity index (χ4n) is 2.47. The Morgan fingerprint density at radius 1 is 1.18 bits per heavy atom. The summed E-state index contributed by atoms with van der Waals surface area (Å²) in [6.45, 7) is 3.30. The monoisotopic (exact) mass is 422 g/mol. The number of rotatable bonds is 2. The molecule has 0 radical (unpaired) electrons. The van der Waals surface area contributed by atoms with Gasteiger partial charge >= 0.3 is 5.97 Å². The Kier molecular flexibility index (Phi) is 4.10. The Balaban J connectivity index is 2.34. The van der Waals surface area contributed by atoms with E-state index in [1.54, 1.807) is 0 Å². The van der Waals surface area contributed by atoms with Crippen LogP contribution in [0.15, 0.2) is 49.8 Å². The van der Waals surface area contributed by atoms with Gasteiger partial charge in [-0.25, -0.2) is 0 Å². The van der Waals surface area contributed by atoms with Gasteiger partial charge in [0.1, 0.15) is 11.3 Å². The van der Waals surface area contributed by atoms with Crippen molar-refractivity contribution in [3.63, 3.8) is 0 Å². The number of fused-ring (bicyclic) bond motifs is 1. The maximum Gasteiger partial charge on any atom is 0.308 e. The number of esters is 1. The number of ether oxygens (including phenoxy) is 1. The minimum absolute atomic E-state index is 0.373. The topological polar surface area (TPSA) is 39.4 Å². The molecule has 0 amide bonds. The summed E-state index contributed by atoms with van der Waals surface area (Å²) in [5.41, 5.74) is 2.77. The molecular weight excluding hydrogens is 412 g/mol. The molecule has 112 valence electrons. The molecule has 0 N–H and O–H groups in total. The molecule has 0 aliphatic carbocycles. The highest BCUT2D eigenvalue weighted by Gasteiger charge is 2.21. The fraction of sp³-hybridized carbons (Fsp3) is 0.118. The Morgan fingerprint density at radius 2 is 1.86 bits per heavy atom. The largest absolute Gasteiger partial charge is 0.461 e. The van der Waals surface area contributed by atoms with Crippen LogP contribution in [-0.2, 0) is 4.79 Å². The zero-order valence-electron chi connectivity index (χ0n) is 11.9. The van der Waals surface area contributed by atoms with Crippen LogP contribution in [0.2, 0.25) is 0 Å². The number of carbonyl (C=O) groups is 1. The third-order valence-electron chi connectivity index (χ3n) is 3.31. The average molecular weight is 424 g/mol. The van der Waals surface area contributed by atoms with Crippen molar-refractivity contribution < 1.29 is 13.9 Å². The van der Waals surface area contributed by atoms with E-state index in [1.807, 2.05) is 43.3 Å². The number of hydrogen-bond acceptors (Lipinski definition) is 3. The van der Waals surface area contributed by atoms with Gasteiger partial charge in [0, 0.05) is 17.9 Å². The van der Waals surface area contributed by atoms with E-state index in [1.165, 1.54) is 6.92 Å². The molecule has 0 aliphatic heterocycles. The highest BCUT2D eigenvalue weighted by atomic mass is 79.9. The van der Waals surface area contributed by atoms with E-state index < -0.39 is 0 Å². The quantitative estimate of drug-likeness (QED) is 0.382. The summed E-state index contributed by atoms with van der Waals surface area (Å²) >= 11 is 6.98. The van der Waals surface area contributed by atoms with Crippen LogP contribution in [0.25, 0.3) is 22.1 Å². The van der Waals surface area contributed by atoms with Crippen molar-refractivity contribution in [3.05, 3.63) is 51.1 Å². The van der Waals surface area contributed by atoms with E-state index in [2.05, 4.69) is 31.9 Å². The zero-order valence-corrected chi connectivity index (χ0v) is 15.1. The molecule has 0 bridgehead atoms. The Labute approximate surface area is 144 Å². The van der Waals surface area contributed by atoms with Gasteiger partial charge in [0.25, 0.3) is 0 Å². The molecule has 1 heterocycles. The van der Waals surface area contributed by atoms with E-state index >= 15 is 0 Å². The normalized spacial score (nSPS) is 10.9. The molecular formula is C17H12Br2O3. The van der Waals surface area contributed by atoms with Gasteiger partial charge in [0.15, 0.2) is 5.75 Å². The number of hydrogen-bond donors (Lipinski definition) is 0. The summed E-state index contributed by atoms with van der Waals surface area (Å²) in [4.78, 5) is 11.3. The number of benzene rings is 2. The van der Waals surface area contributed by atoms with E-state index in [0.717, 1.165) is 27.9 Å². The van der Waals surface area contributed by atoms with Crippen LogP contribution in [0, 0.1) is 6.92 Å². The first kappa shape index (κ1) is 15.3. The predicted octanol–water partition coefficient (Wildman–Crippen LogP) is 5.86. The molecule has 5 heteroatoms. The van der Waals surface area contributed by atoms with Gasteiger partial charge < -0.3 is 9.15 Å². The van der Waals surface area contributed by atoms with Gasteiger partial charge in [0.2, 0.25) is 0 Å². The minimum Gasteiger partial charge on any atom is -0.461 e. The molecule has 0 aliphatic rings. The van der Waals surface area contributed by atoms with E-state index in [-0.39, 0.29) is 5.97 Å². The summed E-state index contributed by atoms with van der Waals surface area (Å²) in [6.07, 6.45) is 0. The lowest BCUT2D eigenvalue weighted by Crippen LogP contribution is -2.02. The van der Waals surface area contributed by atoms with Gasteiger partial charge in [-0.15, -0.1) is 0 Å². The highest BCUT2D eigenvalue weighted by Crippen LogP contribution is 2.46. The van der Waals surface area contributed by atoms with Crippen molar-refractivity contribution in [1.29, 1.82) is 0 Å². The third kappa shape index (κ3) is 2.59. The van der Waals surface area contributed by atoms with Crippen molar-refractivity contribution in [2.75, 3.05) is 0 Å². The molecule has 0 fully saturated rings. The Hall–Kier alpha value is -1.59. The van der Waals surface area contributed by atoms with Gasteiger partial charge in [-0.3, -0.25) is 4.79 Å². The smallest absolute Gasteiger partial charge is 0.308 e. The first-order valence-corrected chi connectivity index (χ1v) is 8.22. The average Bonchev–Trinajstić information content (AvgIpc) is 2.80. The van der Waals surface area contributed by atoms with Crippen LogP contribution in [0.4, 0.5) is 0 Å². The van der Waals surface area contributed by atoms with Gasteiger partial charge in [-0.05, 0) is 50.4 Å². The zero-order chi connectivity index (χ0) is 15.9. The molecule has 22 heavy (non-hydrogen) atoms. The second-order valence-electron chi connectivity index (χ2n) is 4.87. The van der Waals surface area contributed by atoms with Crippen molar-refractivity contribution in [2.24, 2.45) is 0 Å². The molecule has 2 aromatic carbocycles. The van der Waals surface area contributed by atoms with E-state index in [4.69, 9.17) is 9.15 Å². The van der Waals surface area contributed by atoms with Crippen LogP contribution < -0.4 is 4.74 Å². The number of furan rings is 1. The summed E-state index contributed by atoms with van der Waals surface area (Å²) in [6, 6.07) is 11.8. The molecule has 1 aromatic heterocycles. The van der Waals surface area contributed by atoms with Crippen LogP contribution in [-0.4, -0.2) is 5.97 Å². The number of carbonyl (C=O) groups excluding carboxylic acids is 1. The minimum atomic E-state index is -0.373. The second-order valence-corrected chi connectivity index (χ2v) is 6.51. The summed E-state index contributed by atoms with van der Waals surface area (Å²) in [5, 5.41) is 0.892.